The van der Waals surface area contributed by atoms with Gasteiger partial charge in [-0.3, -0.25) is 0 Å². The summed E-state index contributed by atoms with van der Waals surface area (Å²) in [7, 11) is 0. The first-order valence-corrected chi connectivity index (χ1v) is 17.2. The van der Waals surface area contributed by atoms with E-state index in [1.165, 1.54) is 47.5 Å². The van der Waals surface area contributed by atoms with Crippen molar-refractivity contribution in [2.45, 2.75) is 24.2 Å². The molecule has 2 aromatic heterocycles. The van der Waals surface area contributed by atoms with E-state index in [1.54, 1.807) is 0 Å². The SMILES string of the molecule is Cc1oc2[c]([Ge]([CH3])([CH3])[CH3])cc3ccnc4c5cc6ccccc6cc5c1c2c34. The number of rotatable bonds is 1. The van der Waals surface area contributed by atoms with Gasteiger partial charge in [0, 0.05) is 0 Å². The predicted molar refractivity (Wildman–Crippen MR) is 123 cm³/mol. The van der Waals surface area contributed by atoms with Gasteiger partial charge in [-0.1, -0.05) is 0 Å². The van der Waals surface area contributed by atoms with Gasteiger partial charge in [0.2, 0.25) is 0 Å². The number of pyridine rings is 1. The molecule has 0 bridgehead atoms. The van der Waals surface area contributed by atoms with Crippen LogP contribution in [0, 0.1) is 6.92 Å². The fraction of sp³-hybridized carbons (Fsp3) is 0.160. The Morgan fingerprint density at radius 3 is 2.21 bits per heavy atom. The zero-order valence-corrected chi connectivity index (χ0v) is 18.6. The Kier molecular flexibility index (Phi) is 3.08. The third-order valence-electron chi connectivity index (χ3n) is 6.08. The van der Waals surface area contributed by atoms with Crippen molar-refractivity contribution in [2.75, 3.05) is 0 Å². The fourth-order valence-corrected chi connectivity index (χ4v) is 7.82. The molecule has 0 amide bonds. The van der Waals surface area contributed by atoms with E-state index < -0.39 is 13.3 Å². The number of aromatic nitrogens is 1. The van der Waals surface area contributed by atoms with Gasteiger partial charge in [-0.15, -0.1) is 0 Å². The summed E-state index contributed by atoms with van der Waals surface area (Å²) >= 11 is -2.12. The van der Waals surface area contributed by atoms with Crippen LogP contribution in [0.15, 0.2) is 59.1 Å². The molecular weight excluding hydrogens is 403 g/mol. The number of benzene rings is 4. The summed E-state index contributed by atoms with van der Waals surface area (Å²) in [5, 5.41) is 10.0. The summed E-state index contributed by atoms with van der Waals surface area (Å²) in [6, 6.07) is 17.7. The molecule has 0 saturated carbocycles. The van der Waals surface area contributed by atoms with Crippen molar-refractivity contribution in [3.05, 3.63) is 60.5 Å². The van der Waals surface area contributed by atoms with E-state index in [2.05, 4.69) is 72.7 Å². The minimum atomic E-state index is -2.12. The van der Waals surface area contributed by atoms with Crippen LogP contribution in [0.4, 0.5) is 0 Å². The zero-order chi connectivity index (χ0) is 19.2. The van der Waals surface area contributed by atoms with Gasteiger partial charge in [-0.05, 0) is 0 Å². The third-order valence-corrected chi connectivity index (χ3v) is 10.3. The molecule has 2 nitrogen and oxygen atoms in total. The molecule has 0 aliphatic carbocycles. The van der Waals surface area contributed by atoms with Crippen molar-refractivity contribution >= 4 is 71.9 Å². The quantitative estimate of drug-likeness (QED) is 0.166. The monoisotopic (exact) mass is 425 g/mol. The number of aryl methyl sites for hydroxylation is 1. The summed E-state index contributed by atoms with van der Waals surface area (Å²) < 4.78 is 7.92. The van der Waals surface area contributed by atoms with Crippen LogP contribution in [0.2, 0.25) is 17.3 Å². The first-order valence-electron chi connectivity index (χ1n) is 9.82. The van der Waals surface area contributed by atoms with Gasteiger partial charge in [0.1, 0.15) is 0 Å². The minimum absolute atomic E-state index is 1.02. The molecule has 4 aromatic carbocycles. The Balaban J connectivity index is 1.99. The van der Waals surface area contributed by atoms with Gasteiger partial charge in [0.15, 0.2) is 0 Å². The molecule has 0 aliphatic rings. The van der Waals surface area contributed by atoms with Crippen molar-refractivity contribution in [3.63, 3.8) is 0 Å². The second-order valence-electron chi connectivity index (χ2n) is 8.91. The van der Waals surface area contributed by atoms with E-state index >= 15 is 0 Å². The summed E-state index contributed by atoms with van der Waals surface area (Å²) in [5.41, 5.74) is 2.19. The first-order chi connectivity index (χ1) is 13.4. The van der Waals surface area contributed by atoms with Crippen molar-refractivity contribution in [1.29, 1.82) is 0 Å². The molecule has 6 rings (SSSR count). The molecule has 0 radical (unpaired) electrons. The molecule has 136 valence electrons. The zero-order valence-electron chi connectivity index (χ0n) is 16.6. The van der Waals surface area contributed by atoms with Gasteiger partial charge in [-0.25, -0.2) is 0 Å². The summed E-state index contributed by atoms with van der Waals surface area (Å²) in [5.74, 6) is 8.33. The van der Waals surface area contributed by atoms with Crippen LogP contribution < -0.4 is 4.40 Å². The second kappa shape index (κ2) is 5.27. The van der Waals surface area contributed by atoms with Gasteiger partial charge in [0.25, 0.3) is 0 Å². The number of hydrogen-bond acceptors (Lipinski definition) is 2. The van der Waals surface area contributed by atoms with Crippen LogP contribution in [0.25, 0.3) is 54.2 Å². The van der Waals surface area contributed by atoms with Gasteiger partial charge in [-0.2, -0.15) is 0 Å². The molecule has 3 heteroatoms. The molecule has 0 saturated heterocycles. The van der Waals surface area contributed by atoms with Gasteiger partial charge < -0.3 is 0 Å². The number of fused-ring (bicyclic) bond motifs is 4. The number of hydrogen-bond donors (Lipinski definition) is 0. The standard InChI is InChI=1S/C25H21GeNO/c1-14-21-18-11-15-7-5-6-8-16(15)12-19(18)24-22-17(9-10-27-24)13-20(26(2,3)4)25(28-14)23(21)22/h5-13H,1-4H3. The average Bonchev–Trinajstić information content (AvgIpc) is 3.02. The molecule has 0 unspecified atom stereocenters. The van der Waals surface area contributed by atoms with Crippen LogP contribution in [-0.4, -0.2) is 18.3 Å². The fourth-order valence-electron chi connectivity index (χ4n) is 4.78. The van der Waals surface area contributed by atoms with Gasteiger partial charge >= 0.3 is 166 Å². The van der Waals surface area contributed by atoms with Gasteiger partial charge in [0.05, 0.1) is 0 Å². The maximum atomic E-state index is 6.48. The summed E-state index contributed by atoms with van der Waals surface area (Å²) in [6.07, 6.45) is 1.96. The third kappa shape index (κ3) is 2.01. The van der Waals surface area contributed by atoms with Crippen molar-refractivity contribution in [3.8, 4) is 0 Å². The Morgan fingerprint density at radius 2 is 1.50 bits per heavy atom. The molecule has 0 N–H and O–H groups in total. The number of furan rings is 1. The van der Waals surface area contributed by atoms with Crippen LogP contribution in [0.5, 0.6) is 0 Å². The molecule has 0 spiro atoms. The second-order valence-corrected chi connectivity index (χ2v) is 19.5. The maximum absolute atomic E-state index is 6.48. The Bertz CT molecular complexity index is 1550. The van der Waals surface area contributed by atoms with Crippen molar-refractivity contribution in [1.82, 2.24) is 4.98 Å². The summed E-state index contributed by atoms with van der Waals surface area (Å²) in [4.78, 5) is 4.84. The van der Waals surface area contributed by atoms with Crippen LogP contribution in [0.1, 0.15) is 5.76 Å². The van der Waals surface area contributed by atoms with E-state index in [9.17, 15) is 0 Å². The van der Waals surface area contributed by atoms with E-state index in [-0.39, 0.29) is 0 Å². The molecule has 0 fully saturated rings. The van der Waals surface area contributed by atoms with E-state index in [4.69, 9.17) is 9.40 Å². The van der Waals surface area contributed by atoms with Crippen LogP contribution in [-0.2, 0) is 0 Å². The molecule has 0 aliphatic heterocycles. The Hall–Kier alpha value is -2.59. The average molecular weight is 424 g/mol. The Labute approximate surface area is 165 Å². The Morgan fingerprint density at radius 1 is 0.786 bits per heavy atom. The molecule has 28 heavy (non-hydrogen) atoms. The number of nitrogens with zero attached hydrogens (tertiary/aromatic N) is 1. The van der Waals surface area contributed by atoms with Crippen molar-refractivity contribution in [2.24, 2.45) is 0 Å². The predicted octanol–water partition coefficient (Wildman–Crippen LogP) is 6.73. The molecule has 6 aromatic rings. The first kappa shape index (κ1) is 16.4. The van der Waals surface area contributed by atoms with E-state index in [0.29, 0.717) is 0 Å². The van der Waals surface area contributed by atoms with E-state index in [0.717, 1.165) is 16.9 Å². The van der Waals surface area contributed by atoms with Crippen molar-refractivity contribution < 1.29 is 4.42 Å². The molecular formula is C25H21GeNO. The normalized spacial score (nSPS) is 13.0. The van der Waals surface area contributed by atoms with Crippen LogP contribution >= 0.6 is 0 Å². The van der Waals surface area contributed by atoms with E-state index in [1.807, 2.05) is 6.20 Å². The van der Waals surface area contributed by atoms with Crippen LogP contribution in [0.3, 0.4) is 0 Å². The molecule has 2 heterocycles. The molecule has 0 atom stereocenters. The summed E-state index contributed by atoms with van der Waals surface area (Å²) in [6.45, 7) is 2.11. The topological polar surface area (TPSA) is 26.0 Å².